The van der Waals surface area contributed by atoms with Gasteiger partial charge in [-0.1, -0.05) is 18.1 Å². The summed E-state index contributed by atoms with van der Waals surface area (Å²) in [7, 11) is -3.79. The summed E-state index contributed by atoms with van der Waals surface area (Å²) in [6.07, 6.45) is 6.67. The van der Waals surface area contributed by atoms with Gasteiger partial charge < -0.3 is 9.54 Å². The fourth-order valence-corrected chi connectivity index (χ4v) is 4.15. The van der Waals surface area contributed by atoms with Crippen LogP contribution in [0.1, 0.15) is 11.1 Å². The van der Waals surface area contributed by atoms with Crippen molar-refractivity contribution in [3.8, 4) is 12.3 Å². The molecular formula is C17H14N2O4S2. The van der Waals surface area contributed by atoms with Crippen molar-refractivity contribution < 1.29 is 17.2 Å². The van der Waals surface area contributed by atoms with Crippen molar-refractivity contribution in [3.05, 3.63) is 59.8 Å². The molecule has 3 rings (SSSR count). The monoisotopic (exact) mass is 374 g/mol. The normalized spacial score (nSPS) is 12.6. The molecule has 3 aromatic rings. The van der Waals surface area contributed by atoms with E-state index >= 15 is 0 Å². The molecule has 2 aromatic carbocycles. The van der Waals surface area contributed by atoms with Gasteiger partial charge in [-0.15, -0.1) is 6.42 Å². The van der Waals surface area contributed by atoms with Crippen LogP contribution in [-0.4, -0.2) is 22.2 Å². The van der Waals surface area contributed by atoms with Crippen LogP contribution in [0.4, 0.5) is 5.69 Å². The molecule has 0 spiro atoms. The summed E-state index contributed by atoms with van der Waals surface area (Å²) < 4.78 is 47.6. The average molecular weight is 374 g/mol. The van der Waals surface area contributed by atoms with Crippen LogP contribution >= 0.6 is 0 Å². The molecule has 3 N–H and O–H groups in total. The zero-order valence-corrected chi connectivity index (χ0v) is 14.5. The van der Waals surface area contributed by atoms with Crippen molar-refractivity contribution in [2.75, 3.05) is 4.72 Å². The van der Waals surface area contributed by atoms with Gasteiger partial charge in [-0.3, -0.25) is 4.72 Å². The van der Waals surface area contributed by atoms with Crippen molar-refractivity contribution in [1.82, 2.24) is 4.98 Å². The van der Waals surface area contributed by atoms with Gasteiger partial charge in [0.25, 0.3) is 10.0 Å². The van der Waals surface area contributed by atoms with Crippen molar-refractivity contribution in [3.63, 3.8) is 0 Å². The number of hydrogen-bond acceptors (Lipinski definition) is 3. The number of nitrogens with one attached hydrogen (secondary N) is 2. The van der Waals surface area contributed by atoms with Gasteiger partial charge in [0.15, 0.2) is 11.1 Å². The fraction of sp³-hybridized carbons (Fsp3) is 0.0588. The standard InChI is InChI=1S/C17H14N2O4S2/c1-2-12-3-6-14(7-4-12)19-25(22,23)17-10-18-16-9-13(11-24(20)21)5-8-15(16)17/h1,3-10,18-19H,11H2,(H,20,21). The van der Waals surface area contributed by atoms with Gasteiger partial charge in [0, 0.05) is 28.4 Å². The maximum atomic E-state index is 12.6. The Bertz CT molecular complexity index is 1090. The molecule has 0 amide bonds. The lowest BCUT2D eigenvalue weighted by atomic mass is 10.2. The van der Waals surface area contributed by atoms with Gasteiger partial charge in [-0.25, -0.2) is 12.6 Å². The molecule has 0 saturated heterocycles. The maximum absolute atomic E-state index is 12.6. The molecule has 0 saturated carbocycles. The zero-order chi connectivity index (χ0) is 18.0. The molecule has 0 fully saturated rings. The number of fused-ring (bicyclic) bond motifs is 1. The minimum Gasteiger partial charge on any atom is -0.360 e. The summed E-state index contributed by atoms with van der Waals surface area (Å²) >= 11 is -1.96. The summed E-state index contributed by atoms with van der Waals surface area (Å²) in [4.78, 5) is 2.98. The predicted octanol–water partition coefficient (Wildman–Crippen LogP) is 2.67. The predicted molar refractivity (Wildman–Crippen MR) is 98.0 cm³/mol. The Morgan fingerprint density at radius 2 is 1.92 bits per heavy atom. The first kappa shape index (κ1) is 17.2. The maximum Gasteiger partial charge on any atom is 0.264 e. The third kappa shape index (κ3) is 3.74. The van der Waals surface area contributed by atoms with Crippen LogP contribution in [0.2, 0.25) is 0 Å². The second-order valence-corrected chi connectivity index (χ2v) is 7.91. The number of rotatable bonds is 5. The molecule has 128 valence electrons. The minimum atomic E-state index is -3.79. The lowest BCUT2D eigenvalue weighted by Crippen LogP contribution is -2.12. The molecule has 8 heteroatoms. The molecule has 25 heavy (non-hydrogen) atoms. The summed E-state index contributed by atoms with van der Waals surface area (Å²) in [6, 6.07) is 11.4. The summed E-state index contributed by atoms with van der Waals surface area (Å²) in [5.41, 5.74) is 2.27. The van der Waals surface area contributed by atoms with Crippen LogP contribution in [0.15, 0.2) is 53.6 Å². The largest absolute Gasteiger partial charge is 0.360 e. The summed E-state index contributed by atoms with van der Waals surface area (Å²) in [5, 5.41) is 0.500. The number of benzene rings is 2. The van der Waals surface area contributed by atoms with E-state index in [-0.39, 0.29) is 10.6 Å². The SMILES string of the molecule is C#Cc1ccc(NS(=O)(=O)c2c[nH]c3cc(CS(=O)O)ccc23)cc1. The molecule has 1 atom stereocenters. The molecule has 0 aliphatic heterocycles. The van der Waals surface area contributed by atoms with Gasteiger partial charge >= 0.3 is 0 Å². The van der Waals surface area contributed by atoms with E-state index in [1.54, 1.807) is 42.5 Å². The van der Waals surface area contributed by atoms with Crippen LogP contribution in [0, 0.1) is 12.3 Å². The van der Waals surface area contributed by atoms with Crippen LogP contribution in [0.3, 0.4) is 0 Å². The lowest BCUT2D eigenvalue weighted by molar-refractivity contribution is 0.563. The topological polar surface area (TPSA) is 99.3 Å². The Balaban J connectivity index is 1.93. The molecular weight excluding hydrogens is 360 g/mol. The average Bonchev–Trinajstić information content (AvgIpc) is 2.98. The molecule has 0 aliphatic carbocycles. The Morgan fingerprint density at radius 1 is 1.20 bits per heavy atom. The van der Waals surface area contributed by atoms with Crippen LogP contribution in [-0.2, 0) is 26.9 Å². The molecule has 0 radical (unpaired) electrons. The summed E-state index contributed by atoms with van der Waals surface area (Å²) in [5.74, 6) is 2.45. The van der Waals surface area contributed by atoms with Crippen molar-refractivity contribution in [1.29, 1.82) is 0 Å². The number of H-pyrrole nitrogens is 1. The fourth-order valence-electron chi connectivity index (χ4n) is 2.45. The molecule has 0 aliphatic rings. The Labute approximate surface area is 147 Å². The smallest absolute Gasteiger partial charge is 0.264 e. The quantitative estimate of drug-likeness (QED) is 0.472. The molecule has 6 nitrogen and oxygen atoms in total. The Kier molecular flexibility index (Phi) is 4.63. The van der Waals surface area contributed by atoms with E-state index in [4.69, 9.17) is 11.0 Å². The highest BCUT2D eigenvalue weighted by Gasteiger charge is 2.19. The number of sulfonamides is 1. The molecule has 1 unspecified atom stereocenters. The van der Waals surface area contributed by atoms with Crippen molar-refractivity contribution in [2.45, 2.75) is 10.6 Å². The van der Waals surface area contributed by atoms with E-state index in [0.29, 0.717) is 27.7 Å². The first-order valence-corrected chi connectivity index (χ1v) is 9.92. The van der Waals surface area contributed by atoms with E-state index < -0.39 is 21.1 Å². The van der Waals surface area contributed by atoms with Crippen molar-refractivity contribution >= 4 is 37.7 Å². The van der Waals surface area contributed by atoms with Crippen LogP contribution in [0.25, 0.3) is 10.9 Å². The lowest BCUT2D eigenvalue weighted by Gasteiger charge is -2.07. The van der Waals surface area contributed by atoms with Crippen LogP contribution in [0.5, 0.6) is 0 Å². The van der Waals surface area contributed by atoms with E-state index in [1.165, 1.54) is 6.20 Å². The first-order chi connectivity index (χ1) is 11.9. The van der Waals surface area contributed by atoms with Gasteiger partial charge in [-0.2, -0.15) is 0 Å². The van der Waals surface area contributed by atoms with Crippen LogP contribution < -0.4 is 4.72 Å². The second-order valence-electron chi connectivity index (χ2n) is 5.33. The number of hydrogen-bond donors (Lipinski definition) is 3. The van der Waals surface area contributed by atoms with E-state index in [0.717, 1.165) is 0 Å². The van der Waals surface area contributed by atoms with Gasteiger partial charge in [0.05, 0.1) is 5.75 Å². The van der Waals surface area contributed by atoms with E-state index in [1.807, 2.05) is 0 Å². The number of aromatic amines is 1. The molecule has 0 bridgehead atoms. The summed E-state index contributed by atoms with van der Waals surface area (Å²) in [6.45, 7) is 0. The second kappa shape index (κ2) is 6.72. The van der Waals surface area contributed by atoms with E-state index in [2.05, 4.69) is 15.6 Å². The number of anilines is 1. The van der Waals surface area contributed by atoms with E-state index in [9.17, 15) is 12.6 Å². The zero-order valence-electron chi connectivity index (χ0n) is 12.9. The third-order valence-corrected chi connectivity index (χ3v) is 5.59. The van der Waals surface area contributed by atoms with Crippen molar-refractivity contribution in [2.24, 2.45) is 0 Å². The Hall–Kier alpha value is -2.60. The molecule has 1 aromatic heterocycles. The minimum absolute atomic E-state index is 0.0170. The highest BCUT2D eigenvalue weighted by molar-refractivity contribution is 7.93. The number of terminal acetylenes is 1. The first-order valence-electron chi connectivity index (χ1n) is 7.16. The molecule has 1 heterocycles. The number of aromatic nitrogens is 1. The van der Waals surface area contributed by atoms with Gasteiger partial charge in [0.1, 0.15) is 4.90 Å². The van der Waals surface area contributed by atoms with Gasteiger partial charge in [-0.05, 0) is 35.9 Å². The highest BCUT2D eigenvalue weighted by atomic mass is 32.2. The highest BCUT2D eigenvalue weighted by Crippen LogP contribution is 2.26. The Morgan fingerprint density at radius 3 is 2.56 bits per heavy atom. The van der Waals surface area contributed by atoms with Gasteiger partial charge in [0.2, 0.25) is 0 Å². The third-order valence-electron chi connectivity index (χ3n) is 3.59.